The van der Waals surface area contributed by atoms with Gasteiger partial charge in [-0.2, -0.15) is 0 Å². The number of hydrogen-bond donors (Lipinski definition) is 0. The van der Waals surface area contributed by atoms with Gasteiger partial charge in [-0.1, -0.05) is 77.3 Å². The summed E-state index contributed by atoms with van der Waals surface area (Å²) in [6.45, 7) is 5.06. The van der Waals surface area contributed by atoms with E-state index in [4.69, 9.17) is 18.9 Å². The van der Waals surface area contributed by atoms with Gasteiger partial charge in [-0.3, -0.25) is 0 Å². The summed E-state index contributed by atoms with van der Waals surface area (Å²) in [5, 5.41) is 0. The lowest BCUT2D eigenvalue weighted by Crippen LogP contribution is -2.09. The maximum atomic E-state index is 12.5. The highest BCUT2D eigenvalue weighted by atomic mass is 16.8. The Labute approximate surface area is 215 Å². The standard InChI is InChI=1S/C30H40O6/c1-3-5-7-9-10-12-22-33-25-18-16-24(17-19-25)29(31)34-26-20-14-23(15-21-26)28-30(32)36-27(35-28)13-11-8-6-4-2/h14-21,27-28H,3-13,22H2,1-2H3. The summed E-state index contributed by atoms with van der Waals surface area (Å²) in [5.74, 6) is 0.319. The van der Waals surface area contributed by atoms with Crippen molar-refractivity contribution in [2.75, 3.05) is 6.61 Å². The molecule has 0 saturated carbocycles. The lowest BCUT2D eigenvalue weighted by atomic mass is 10.1. The molecule has 0 spiro atoms. The molecule has 196 valence electrons. The maximum absolute atomic E-state index is 12.5. The van der Waals surface area contributed by atoms with Gasteiger partial charge in [0.1, 0.15) is 11.5 Å². The first-order valence-electron chi connectivity index (χ1n) is 13.5. The van der Waals surface area contributed by atoms with E-state index in [1.165, 1.54) is 38.5 Å². The molecule has 1 fully saturated rings. The van der Waals surface area contributed by atoms with E-state index >= 15 is 0 Å². The molecule has 0 bridgehead atoms. The van der Waals surface area contributed by atoms with Gasteiger partial charge in [0, 0.05) is 6.42 Å². The molecule has 1 heterocycles. The molecule has 1 saturated heterocycles. The Morgan fingerprint density at radius 3 is 2.08 bits per heavy atom. The Balaban J connectivity index is 1.42. The average Bonchev–Trinajstić information content (AvgIpc) is 3.27. The van der Waals surface area contributed by atoms with Crippen LogP contribution in [0, 0.1) is 0 Å². The fraction of sp³-hybridized carbons (Fsp3) is 0.533. The predicted octanol–water partition coefficient (Wildman–Crippen LogP) is 7.56. The number of benzene rings is 2. The number of unbranched alkanes of at least 4 members (excludes halogenated alkanes) is 8. The summed E-state index contributed by atoms with van der Waals surface area (Å²) >= 11 is 0. The molecule has 0 aliphatic carbocycles. The molecule has 0 aromatic heterocycles. The molecular weight excluding hydrogens is 456 g/mol. The smallest absolute Gasteiger partial charge is 0.343 e. The maximum Gasteiger partial charge on any atom is 0.343 e. The molecule has 0 amide bonds. The van der Waals surface area contributed by atoms with Crippen molar-refractivity contribution < 1.29 is 28.5 Å². The molecular formula is C30H40O6. The largest absolute Gasteiger partial charge is 0.494 e. The van der Waals surface area contributed by atoms with Crippen LogP contribution in [0.2, 0.25) is 0 Å². The molecule has 6 heteroatoms. The van der Waals surface area contributed by atoms with Crippen LogP contribution >= 0.6 is 0 Å². The predicted molar refractivity (Wildman–Crippen MR) is 139 cm³/mol. The van der Waals surface area contributed by atoms with Crippen LogP contribution in [0.1, 0.15) is 107 Å². The van der Waals surface area contributed by atoms with Gasteiger partial charge in [0.05, 0.1) is 12.2 Å². The van der Waals surface area contributed by atoms with Crippen molar-refractivity contribution in [3.63, 3.8) is 0 Å². The zero-order valence-corrected chi connectivity index (χ0v) is 21.7. The minimum atomic E-state index is -0.741. The van der Waals surface area contributed by atoms with Gasteiger partial charge in [-0.25, -0.2) is 9.59 Å². The first-order valence-corrected chi connectivity index (χ1v) is 13.5. The molecule has 6 nitrogen and oxygen atoms in total. The number of hydrogen-bond acceptors (Lipinski definition) is 6. The van der Waals surface area contributed by atoms with Crippen LogP contribution in [-0.2, 0) is 14.3 Å². The highest BCUT2D eigenvalue weighted by Crippen LogP contribution is 2.31. The van der Waals surface area contributed by atoms with Gasteiger partial charge in [-0.15, -0.1) is 0 Å². The topological polar surface area (TPSA) is 71.1 Å². The van der Waals surface area contributed by atoms with Crippen molar-refractivity contribution >= 4 is 11.9 Å². The SMILES string of the molecule is CCCCCCCCOc1ccc(C(=O)Oc2ccc(C3OC(CCCCCC)OC3=O)cc2)cc1. The molecule has 0 N–H and O–H groups in total. The summed E-state index contributed by atoms with van der Waals surface area (Å²) in [6, 6.07) is 13.8. The number of rotatable bonds is 16. The Kier molecular flexibility index (Phi) is 11.8. The van der Waals surface area contributed by atoms with E-state index in [1.54, 1.807) is 48.5 Å². The molecule has 1 aliphatic rings. The molecule has 3 rings (SSSR count). The molecule has 2 unspecified atom stereocenters. The average molecular weight is 497 g/mol. The van der Waals surface area contributed by atoms with Gasteiger partial charge < -0.3 is 18.9 Å². The summed E-state index contributed by atoms with van der Waals surface area (Å²) in [4.78, 5) is 24.8. The quantitative estimate of drug-likeness (QED) is 0.136. The van der Waals surface area contributed by atoms with Crippen molar-refractivity contribution in [1.82, 2.24) is 0 Å². The van der Waals surface area contributed by atoms with E-state index in [-0.39, 0.29) is 5.97 Å². The van der Waals surface area contributed by atoms with E-state index in [1.807, 2.05) is 0 Å². The second-order valence-electron chi connectivity index (χ2n) is 9.33. The minimum absolute atomic E-state index is 0.376. The van der Waals surface area contributed by atoms with Crippen LogP contribution in [0.25, 0.3) is 0 Å². The molecule has 36 heavy (non-hydrogen) atoms. The summed E-state index contributed by atoms with van der Waals surface area (Å²) in [6.07, 6.45) is 11.2. The summed E-state index contributed by atoms with van der Waals surface area (Å²) in [7, 11) is 0. The van der Waals surface area contributed by atoms with E-state index < -0.39 is 18.4 Å². The first kappa shape index (κ1) is 27.7. The number of esters is 2. The number of carbonyl (C=O) groups is 2. The van der Waals surface area contributed by atoms with E-state index in [0.29, 0.717) is 29.9 Å². The zero-order chi connectivity index (χ0) is 25.6. The third-order valence-corrected chi connectivity index (χ3v) is 6.29. The van der Waals surface area contributed by atoms with Crippen molar-refractivity contribution in [3.8, 4) is 11.5 Å². The van der Waals surface area contributed by atoms with E-state index in [2.05, 4.69) is 13.8 Å². The number of cyclic esters (lactones) is 1. The lowest BCUT2D eigenvalue weighted by molar-refractivity contribution is -0.144. The fourth-order valence-corrected chi connectivity index (χ4v) is 4.14. The number of carbonyl (C=O) groups excluding carboxylic acids is 2. The normalized spacial score (nSPS) is 17.1. The van der Waals surface area contributed by atoms with Crippen molar-refractivity contribution in [2.45, 2.75) is 96.9 Å². The van der Waals surface area contributed by atoms with Gasteiger partial charge >= 0.3 is 11.9 Å². The van der Waals surface area contributed by atoms with Crippen LogP contribution < -0.4 is 9.47 Å². The van der Waals surface area contributed by atoms with Crippen molar-refractivity contribution in [3.05, 3.63) is 59.7 Å². The monoisotopic (exact) mass is 496 g/mol. The fourth-order valence-electron chi connectivity index (χ4n) is 4.14. The first-order chi connectivity index (χ1) is 17.6. The Hall–Kier alpha value is -2.86. The third kappa shape index (κ3) is 8.98. The van der Waals surface area contributed by atoms with Gasteiger partial charge in [0.15, 0.2) is 6.10 Å². The Bertz CT molecular complexity index is 921. The highest BCUT2D eigenvalue weighted by molar-refractivity contribution is 5.91. The van der Waals surface area contributed by atoms with Gasteiger partial charge in [-0.05, 0) is 54.8 Å². The summed E-state index contributed by atoms with van der Waals surface area (Å²) < 4.78 is 22.4. The minimum Gasteiger partial charge on any atom is -0.494 e. The molecule has 2 atom stereocenters. The van der Waals surface area contributed by atoms with Crippen LogP contribution in [-0.4, -0.2) is 24.8 Å². The second kappa shape index (κ2) is 15.3. The molecule has 1 aliphatic heterocycles. The van der Waals surface area contributed by atoms with Crippen LogP contribution in [0.15, 0.2) is 48.5 Å². The number of ether oxygens (including phenoxy) is 4. The molecule has 2 aromatic carbocycles. The Morgan fingerprint density at radius 1 is 0.778 bits per heavy atom. The zero-order valence-electron chi connectivity index (χ0n) is 21.7. The van der Waals surface area contributed by atoms with E-state index in [0.717, 1.165) is 31.4 Å². The molecule has 2 aromatic rings. The van der Waals surface area contributed by atoms with Crippen LogP contribution in [0.4, 0.5) is 0 Å². The second-order valence-corrected chi connectivity index (χ2v) is 9.33. The van der Waals surface area contributed by atoms with E-state index in [9.17, 15) is 9.59 Å². The van der Waals surface area contributed by atoms with Crippen LogP contribution in [0.5, 0.6) is 11.5 Å². The van der Waals surface area contributed by atoms with Gasteiger partial charge in [0.2, 0.25) is 6.29 Å². The van der Waals surface area contributed by atoms with Gasteiger partial charge in [0.25, 0.3) is 0 Å². The lowest BCUT2D eigenvalue weighted by Gasteiger charge is -2.10. The molecule has 0 radical (unpaired) electrons. The van der Waals surface area contributed by atoms with Crippen LogP contribution in [0.3, 0.4) is 0 Å². The van der Waals surface area contributed by atoms with Crippen molar-refractivity contribution in [1.29, 1.82) is 0 Å². The highest BCUT2D eigenvalue weighted by Gasteiger charge is 2.36. The third-order valence-electron chi connectivity index (χ3n) is 6.29. The van der Waals surface area contributed by atoms with Crippen molar-refractivity contribution in [2.24, 2.45) is 0 Å². The summed E-state index contributed by atoms with van der Waals surface area (Å²) in [5.41, 5.74) is 1.13. The Morgan fingerprint density at radius 2 is 1.39 bits per heavy atom.